The van der Waals surface area contributed by atoms with Crippen molar-refractivity contribution < 1.29 is 21.6 Å². The molecule has 4 rings (SSSR count). The van der Waals surface area contributed by atoms with Gasteiger partial charge >= 0.3 is 6.18 Å². The van der Waals surface area contributed by atoms with Gasteiger partial charge in [-0.3, -0.25) is 0 Å². The molecule has 0 atom stereocenters. The average Bonchev–Trinajstić information content (AvgIpc) is 3.34. The highest BCUT2D eigenvalue weighted by Crippen LogP contribution is 2.35. The molecule has 10 heteroatoms. The molecule has 2 heterocycles. The van der Waals surface area contributed by atoms with Crippen LogP contribution in [0, 0.1) is 6.92 Å². The molecule has 0 saturated heterocycles. The van der Waals surface area contributed by atoms with Gasteiger partial charge in [0.2, 0.25) is 10.0 Å². The molecule has 0 unspecified atom stereocenters. The van der Waals surface area contributed by atoms with Crippen LogP contribution in [-0.4, -0.2) is 18.2 Å². The van der Waals surface area contributed by atoms with Crippen LogP contribution in [0.4, 0.5) is 13.2 Å². The van der Waals surface area contributed by atoms with Crippen LogP contribution >= 0.6 is 11.3 Å². The first-order valence-electron chi connectivity index (χ1n) is 9.00. The molecule has 0 amide bonds. The zero-order valence-corrected chi connectivity index (χ0v) is 17.7. The maximum atomic E-state index is 13.4. The highest BCUT2D eigenvalue weighted by atomic mass is 32.2. The summed E-state index contributed by atoms with van der Waals surface area (Å²) in [6.07, 6.45) is -4.63. The Morgan fingerprint density at radius 3 is 2.06 bits per heavy atom. The van der Waals surface area contributed by atoms with Gasteiger partial charge in [0.1, 0.15) is 0 Å². The van der Waals surface area contributed by atoms with E-state index in [1.54, 1.807) is 23.5 Å². The molecule has 0 bridgehead atoms. The molecule has 0 radical (unpaired) electrons. The fraction of sp³-hybridized carbons (Fsp3) is 0.0952. The van der Waals surface area contributed by atoms with Crippen LogP contribution in [0.5, 0.6) is 0 Å². The minimum absolute atomic E-state index is 0.142. The summed E-state index contributed by atoms with van der Waals surface area (Å²) < 4.78 is 64.1. The van der Waals surface area contributed by atoms with Gasteiger partial charge in [-0.1, -0.05) is 24.3 Å². The van der Waals surface area contributed by atoms with Gasteiger partial charge in [-0.2, -0.15) is 18.3 Å². The lowest BCUT2D eigenvalue weighted by Crippen LogP contribution is -2.12. The normalized spacial score (nSPS) is 12.3. The second-order valence-corrected chi connectivity index (χ2v) is 9.70. The van der Waals surface area contributed by atoms with Gasteiger partial charge in [-0.25, -0.2) is 18.2 Å². The third kappa shape index (κ3) is 4.41. The fourth-order valence-corrected chi connectivity index (χ4v) is 4.48. The highest BCUT2D eigenvalue weighted by molar-refractivity contribution is 7.89. The summed E-state index contributed by atoms with van der Waals surface area (Å²) in [6, 6.07) is 17.3. The van der Waals surface area contributed by atoms with Crippen molar-refractivity contribution in [3.63, 3.8) is 0 Å². The summed E-state index contributed by atoms with van der Waals surface area (Å²) in [7, 11) is -3.92. The second-order valence-electron chi connectivity index (χ2n) is 6.85. The van der Waals surface area contributed by atoms with E-state index in [0.717, 1.165) is 26.1 Å². The summed E-state index contributed by atoms with van der Waals surface area (Å²) in [6.45, 7) is 2.00. The molecular weight excluding hydrogens is 447 g/mol. The molecule has 160 valence electrons. The molecule has 2 N–H and O–H groups in total. The number of nitrogens with two attached hydrogens (primary N) is 1. The molecule has 0 aliphatic carbocycles. The Balaban J connectivity index is 1.79. The van der Waals surface area contributed by atoms with Crippen molar-refractivity contribution in [2.45, 2.75) is 18.0 Å². The van der Waals surface area contributed by atoms with Gasteiger partial charge in [0.15, 0.2) is 5.69 Å². The molecule has 0 fully saturated rings. The molecular formula is C21H16F3N3O2S2. The van der Waals surface area contributed by atoms with E-state index in [9.17, 15) is 21.6 Å². The predicted octanol–water partition coefficient (Wildman–Crippen LogP) is 5.24. The lowest BCUT2D eigenvalue weighted by atomic mass is 10.1. The number of thiophene rings is 1. The number of benzene rings is 2. The summed E-state index contributed by atoms with van der Waals surface area (Å²) >= 11 is 1.63. The maximum Gasteiger partial charge on any atom is 0.435 e. The van der Waals surface area contributed by atoms with Crippen LogP contribution in [0.3, 0.4) is 0 Å². The number of halogens is 3. The van der Waals surface area contributed by atoms with Crippen LogP contribution in [0.1, 0.15) is 10.6 Å². The number of rotatable bonds is 4. The zero-order valence-electron chi connectivity index (χ0n) is 16.1. The smallest absolute Gasteiger partial charge is 0.233 e. The lowest BCUT2D eigenvalue weighted by Gasteiger charge is -2.09. The molecule has 2 aromatic heterocycles. The molecule has 0 aliphatic rings. The quantitative estimate of drug-likeness (QED) is 0.449. The van der Waals surface area contributed by atoms with Gasteiger partial charge in [-0.05, 0) is 55.0 Å². The third-order valence-electron chi connectivity index (χ3n) is 4.62. The molecule has 0 aliphatic heterocycles. The van der Waals surface area contributed by atoms with E-state index < -0.39 is 21.9 Å². The Morgan fingerprint density at radius 1 is 0.935 bits per heavy atom. The lowest BCUT2D eigenvalue weighted by molar-refractivity contribution is -0.141. The van der Waals surface area contributed by atoms with Gasteiger partial charge < -0.3 is 0 Å². The predicted molar refractivity (Wildman–Crippen MR) is 113 cm³/mol. The van der Waals surface area contributed by atoms with Gasteiger partial charge in [0.05, 0.1) is 16.3 Å². The first kappa shape index (κ1) is 21.3. The zero-order chi connectivity index (χ0) is 22.4. The largest absolute Gasteiger partial charge is 0.435 e. The molecule has 31 heavy (non-hydrogen) atoms. The van der Waals surface area contributed by atoms with Gasteiger partial charge in [0, 0.05) is 15.3 Å². The number of hydrogen-bond acceptors (Lipinski definition) is 4. The highest BCUT2D eigenvalue weighted by Gasteiger charge is 2.35. The van der Waals surface area contributed by atoms with Crippen molar-refractivity contribution in [3.05, 3.63) is 77.3 Å². The molecule has 2 aromatic carbocycles. The van der Waals surface area contributed by atoms with Crippen LogP contribution < -0.4 is 5.14 Å². The van der Waals surface area contributed by atoms with Crippen LogP contribution in [0.15, 0.2) is 71.6 Å². The van der Waals surface area contributed by atoms with Crippen LogP contribution in [0.2, 0.25) is 0 Å². The number of aromatic nitrogens is 2. The minimum atomic E-state index is -4.63. The fourth-order valence-electron chi connectivity index (χ4n) is 3.09. The summed E-state index contributed by atoms with van der Waals surface area (Å²) in [5, 5.41) is 8.81. The summed E-state index contributed by atoms with van der Waals surface area (Å²) in [5.41, 5.74) is 0.952. The van der Waals surface area contributed by atoms with E-state index in [1.807, 2.05) is 31.2 Å². The first-order chi connectivity index (χ1) is 14.5. The van der Waals surface area contributed by atoms with Crippen molar-refractivity contribution in [1.82, 2.24) is 9.78 Å². The van der Waals surface area contributed by atoms with Crippen molar-refractivity contribution in [2.24, 2.45) is 5.14 Å². The SMILES string of the molecule is Cc1ccc(-c2ccc(-c3cc(C(F)(F)F)nn3-c3ccc(S(N)(=O)=O)cc3)cc2)s1. The molecule has 0 saturated carbocycles. The van der Waals surface area contributed by atoms with E-state index >= 15 is 0 Å². The number of sulfonamides is 1. The van der Waals surface area contributed by atoms with Crippen molar-refractivity contribution in [3.8, 4) is 27.4 Å². The van der Waals surface area contributed by atoms with Gasteiger partial charge in [-0.15, -0.1) is 11.3 Å². The van der Waals surface area contributed by atoms with E-state index in [0.29, 0.717) is 5.56 Å². The van der Waals surface area contributed by atoms with Crippen molar-refractivity contribution >= 4 is 21.4 Å². The average molecular weight is 464 g/mol. The summed E-state index contributed by atoms with van der Waals surface area (Å²) in [5.74, 6) is 0. The molecule has 0 spiro atoms. The third-order valence-corrected chi connectivity index (χ3v) is 6.59. The Hall–Kier alpha value is -2.95. The minimum Gasteiger partial charge on any atom is -0.233 e. The number of alkyl halides is 3. The Kier molecular flexibility index (Phi) is 5.24. The van der Waals surface area contributed by atoms with E-state index in [4.69, 9.17) is 5.14 Å². The molecule has 4 aromatic rings. The Bertz CT molecular complexity index is 1340. The van der Waals surface area contributed by atoms with Gasteiger partial charge in [0.25, 0.3) is 0 Å². The summed E-state index contributed by atoms with van der Waals surface area (Å²) in [4.78, 5) is 2.08. The van der Waals surface area contributed by atoms with E-state index in [1.165, 1.54) is 24.3 Å². The van der Waals surface area contributed by atoms with Crippen LogP contribution in [0.25, 0.3) is 27.4 Å². The van der Waals surface area contributed by atoms with Crippen molar-refractivity contribution in [1.29, 1.82) is 0 Å². The number of primary sulfonamides is 1. The Morgan fingerprint density at radius 2 is 1.55 bits per heavy atom. The molecule has 5 nitrogen and oxygen atoms in total. The standard InChI is InChI=1S/C21H16F3N3O2S2/c1-13-2-11-19(30-13)15-5-3-14(4-6-15)18-12-20(21(22,23)24)26-27(18)16-7-9-17(10-8-16)31(25,28)29/h2-12H,1H3,(H2,25,28,29). The number of nitrogens with zero attached hydrogens (tertiary/aromatic N) is 2. The van der Waals surface area contributed by atoms with Crippen LogP contribution in [-0.2, 0) is 16.2 Å². The topological polar surface area (TPSA) is 78.0 Å². The first-order valence-corrected chi connectivity index (χ1v) is 11.4. The number of aryl methyl sites for hydroxylation is 1. The maximum absolute atomic E-state index is 13.4. The second kappa shape index (κ2) is 7.63. The monoisotopic (exact) mass is 463 g/mol. The van der Waals surface area contributed by atoms with E-state index in [-0.39, 0.29) is 16.3 Å². The number of hydrogen-bond donors (Lipinski definition) is 1. The van der Waals surface area contributed by atoms with E-state index in [2.05, 4.69) is 5.10 Å². The van der Waals surface area contributed by atoms with Crippen molar-refractivity contribution in [2.75, 3.05) is 0 Å². The Labute approximate surface area is 180 Å².